The van der Waals surface area contributed by atoms with Crippen LogP contribution in [0.1, 0.15) is 5.69 Å². The van der Waals surface area contributed by atoms with E-state index in [1.54, 1.807) is 4.40 Å². The third kappa shape index (κ3) is 1.67. The molecule has 5 rings (SSSR count). The maximum Gasteiger partial charge on any atom is 0.264 e. The summed E-state index contributed by atoms with van der Waals surface area (Å²) in [6.07, 6.45) is 1.86. The first-order valence-electron chi connectivity index (χ1n) is 7.96. The van der Waals surface area contributed by atoms with Gasteiger partial charge in [-0.3, -0.25) is 14.2 Å². The second-order valence-electron chi connectivity index (χ2n) is 6.11. The van der Waals surface area contributed by atoms with Gasteiger partial charge in [0.15, 0.2) is 0 Å². The first-order chi connectivity index (χ1) is 11.7. The van der Waals surface area contributed by atoms with Crippen molar-refractivity contribution in [2.24, 2.45) is 0 Å². The Balaban J connectivity index is 2.15. The lowest BCUT2D eigenvalue weighted by atomic mass is 10.0. The Morgan fingerprint density at radius 1 is 0.875 bits per heavy atom. The number of pyridine rings is 3. The summed E-state index contributed by atoms with van der Waals surface area (Å²) >= 11 is 0. The van der Waals surface area contributed by atoms with Gasteiger partial charge in [-0.05, 0) is 30.5 Å². The van der Waals surface area contributed by atoms with Crippen LogP contribution in [0, 0.1) is 6.92 Å². The monoisotopic (exact) mass is 310 g/mol. The minimum Gasteiger partial charge on any atom is -0.283 e. The van der Waals surface area contributed by atoms with E-state index in [1.165, 1.54) is 0 Å². The van der Waals surface area contributed by atoms with Gasteiger partial charge < -0.3 is 0 Å². The third-order valence-electron chi connectivity index (χ3n) is 4.73. The molecule has 0 saturated carbocycles. The molecular formula is C21H14N2O. The molecule has 3 nitrogen and oxygen atoms in total. The van der Waals surface area contributed by atoms with Gasteiger partial charge in [-0.2, -0.15) is 0 Å². The Hall–Kier alpha value is -3.20. The van der Waals surface area contributed by atoms with Crippen molar-refractivity contribution in [3.05, 3.63) is 82.9 Å². The van der Waals surface area contributed by atoms with Crippen LogP contribution in [0.4, 0.5) is 0 Å². The smallest absolute Gasteiger partial charge is 0.264 e. The molecule has 0 aliphatic heterocycles. The lowest BCUT2D eigenvalue weighted by Gasteiger charge is -2.11. The molecule has 0 bridgehead atoms. The second-order valence-corrected chi connectivity index (χ2v) is 6.11. The Morgan fingerprint density at radius 2 is 1.62 bits per heavy atom. The number of fused-ring (bicyclic) bond motifs is 6. The van der Waals surface area contributed by atoms with Crippen molar-refractivity contribution in [2.75, 3.05) is 0 Å². The van der Waals surface area contributed by atoms with Crippen LogP contribution < -0.4 is 5.56 Å². The van der Waals surface area contributed by atoms with E-state index < -0.39 is 0 Å². The molecule has 0 atom stereocenters. The van der Waals surface area contributed by atoms with Gasteiger partial charge in [-0.1, -0.05) is 42.5 Å². The SMILES string of the molecule is Cc1nc2ccccc2c2cc3c4ccccc4ccn3c(=O)c12. The lowest BCUT2D eigenvalue weighted by Crippen LogP contribution is -2.15. The summed E-state index contributed by atoms with van der Waals surface area (Å²) in [5, 5.41) is 4.90. The fourth-order valence-electron chi connectivity index (χ4n) is 3.61. The largest absolute Gasteiger partial charge is 0.283 e. The third-order valence-corrected chi connectivity index (χ3v) is 4.73. The number of aryl methyl sites for hydroxylation is 1. The van der Waals surface area contributed by atoms with Crippen molar-refractivity contribution in [3.63, 3.8) is 0 Å². The number of hydrogen-bond acceptors (Lipinski definition) is 2. The van der Waals surface area contributed by atoms with E-state index in [0.717, 1.165) is 38.3 Å². The first kappa shape index (κ1) is 13.3. The van der Waals surface area contributed by atoms with E-state index in [4.69, 9.17) is 0 Å². The van der Waals surface area contributed by atoms with Gasteiger partial charge in [0.2, 0.25) is 0 Å². The average Bonchev–Trinajstić information content (AvgIpc) is 2.61. The number of nitrogens with zero attached hydrogens (tertiary/aromatic N) is 2. The van der Waals surface area contributed by atoms with Crippen LogP contribution in [-0.4, -0.2) is 9.38 Å². The standard InChI is InChI=1S/C21H14N2O/c1-13-20-17(16-8-4-5-9-18(16)22-13)12-19-15-7-3-2-6-14(15)10-11-23(19)21(20)24/h2-12H,1H3. The summed E-state index contributed by atoms with van der Waals surface area (Å²) < 4.78 is 1.73. The highest BCUT2D eigenvalue weighted by Gasteiger charge is 2.12. The molecule has 5 aromatic rings. The van der Waals surface area contributed by atoms with Crippen molar-refractivity contribution in [3.8, 4) is 0 Å². The Labute approximate surface area is 137 Å². The molecule has 0 fully saturated rings. The van der Waals surface area contributed by atoms with Gasteiger partial charge in [0.05, 0.1) is 22.1 Å². The summed E-state index contributed by atoms with van der Waals surface area (Å²) in [5.74, 6) is 0. The molecule has 0 aliphatic carbocycles. The Kier molecular flexibility index (Phi) is 2.57. The van der Waals surface area contributed by atoms with Gasteiger partial charge in [-0.15, -0.1) is 0 Å². The molecule has 3 heteroatoms. The fourth-order valence-corrected chi connectivity index (χ4v) is 3.61. The van der Waals surface area contributed by atoms with E-state index in [-0.39, 0.29) is 5.56 Å². The van der Waals surface area contributed by atoms with E-state index in [2.05, 4.69) is 23.2 Å². The van der Waals surface area contributed by atoms with Crippen LogP contribution in [0.3, 0.4) is 0 Å². The average molecular weight is 310 g/mol. The first-order valence-corrected chi connectivity index (χ1v) is 7.96. The van der Waals surface area contributed by atoms with E-state index in [1.807, 2.05) is 55.6 Å². The van der Waals surface area contributed by atoms with Crippen molar-refractivity contribution >= 4 is 38.0 Å². The zero-order chi connectivity index (χ0) is 16.3. The van der Waals surface area contributed by atoms with E-state index in [9.17, 15) is 4.79 Å². The molecule has 3 heterocycles. The summed E-state index contributed by atoms with van der Waals surface area (Å²) in [4.78, 5) is 17.7. The minimum atomic E-state index is -0.0102. The van der Waals surface area contributed by atoms with Crippen molar-refractivity contribution < 1.29 is 0 Å². The van der Waals surface area contributed by atoms with Crippen molar-refractivity contribution in [2.45, 2.75) is 6.92 Å². The van der Waals surface area contributed by atoms with E-state index in [0.29, 0.717) is 5.39 Å². The number of benzene rings is 2. The molecule has 0 aliphatic rings. The molecule has 114 valence electrons. The summed E-state index contributed by atoms with van der Waals surface area (Å²) in [7, 11) is 0. The molecule has 24 heavy (non-hydrogen) atoms. The van der Waals surface area contributed by atoms with E-state index >= 15 is 0 Å². The fraction of sp³-hybridized carbons (Fsp3) is 0.0476. The number of para-hydroxylation sites is 1. The van der Waals surface area contributed by atoms with Crippen LogP contribution >= 0.6 is 0 Å². The van der Waals surface area contributed by atoms with Crippen molar-refractivity contribution in [1.82, 2.24) is 9.38 Å². The predicted octanol–water partition coefficient (Wildman–Crippen LogP) is 4.46. The van der Waals surface area contributed by atoms with Gasteiger partial charge >= 0.3 is 0 Å². The van der Waals surface area contributed by atoms with Crippen LogP contribution in [0.25, 0.3) is 38.0 Å². The van der Waals surface area contributed by atoms with Crippen LogP contribution in [0.15, 0.2) is 71.7 Å². The highest BCUT2D eigenvalue weighted by atomic mass is 16.1. The zero-order valence-electron chi connectivity index (χ0n) is 13.2. The summed E-state index contributed by atoms with van der Waals surface area (Å²) in [6, 6.07) is 20.3. The summed E-state index contributed by atoms with van der Waals surface area (Å²) in [5.41, 5.74) is 2.62. The molecule has 0 unspecified atom stereocenters. The van der Waals surface area contributed by atoms with Crippen LogP contribution in [0.2, 0.25) is 0 Å². The zero-order valence-corrected chi connectivity index (χ0v) is 13.2. The van der Waals surface area contributed by atoms with Gasteiger partial charge in [0, 0.05) is 22.4 Å². The highest BCUT2D eigenvalue weighted by molar-refractivity contribution is 6.10. The maximum atomic E-state index is 13.1. The summed E-state index contributed by atoms with van der Waals surface area (Å²) in [6.45, 7) is 1.91. The normalized spacial score (nSPS) is 11.7. The maximum absolute atomic E-state index is 13.1. The highest BCUT2D eigenvalue weighted by Crippen LogP contribution is 2.27. The van der Waals surface area contributed by atoms with Gasteiger partial charge in [0.25, 0.3) is 5.56 Å². The molecule has 0 N–H and O–H groups in total. The Bertz CT molecular complexity index is 1330. The molecule has 0 spiro atoms. The van der Waals surface area contributed by atoms with Crippen LogP contribution in [0.5, 0.6) is 0 Å². The number of hydrogen-bond donors (Lipinski definition) is 0. The van der Waals surface area contributed by atoms with Crippen LogP contribution in [-0.2, 0) is 0 Å². The number of rotatable bonds is 0. The molecule has 0 saturated heterocycles. The van der Waals surface area contributed by atoms with Gasteiger partial charge in [-0.25, -0.2) is 0 Å². The molecule has 3 aromatic heterocycles. The molecular weight excluding hydrogens is 296 g/mol. The quantitative estimate of drug-likeness (QED) is 0.312. The molecule has 2 aromatic carbocycles. The molecule has 0 radical (unpaired) electrons. The minimum absolute atomic E-state index is 0.0102. The molecule has 0 amide bonds. The van der Waals surface area contributed by atoms with Gasteiger partial charge in [0.1, 0.15) is 0 Å². The topological polar surface area (TPSA) is 34.4 Å². The Morgan fingerprint density at radius 3 is 2.50 bits per heavy atom. The number of aromatic nitrogens is 2. The van der Waals surface area contributed by atoms with Crippen molar-refractivity contribution in [1.29, 1.82) is 0 Å². The lowest BCUT2D eigenvalue weighted by molar-refractivity contribution is 1.12. The second kappa shape index (κ2) is 4.65. The predicted molar refractivity (Wildman–Crippen MR) is 98.7 cm³/mol.